The molecule has 0 fully saturated rings. The van der Waals surface area contributed by atoms with Crippen LogP contribution in [0.2, 0.25) is 10.6 Å². The average molecular weight is 186 g/mol. The highest BCUT2D eigenvalue weighted by molar-refractivity contribution is 6.55. The predicted molar refractivity (Wildman–Crippen MR) is 54.7 cm³/mol. The lowest BCUT2D eigenvalue weighted by atomic mass is 10.3. The maximum atomic E-state index is 5.65. The van der Waals surface area contributed by atoms with Crippen LogP contribution >= 0.6 is 0 Å². The summed E-state index contributed by atoms with van der Waals surface area (Å²) in [4.78, 5) is 0. The van der Waals surface area contributed by atoms with Gasteiger partial charge in [0.15, 0.2) is 0 Å². The Morgan fingerprint density at radius 2 is 1.45 bits per heavy atom. The van der Waals surface area contributed by atoms with Crippen LogP contribution in [0.3, 0.4) is 0 Å². The minimum absolute atomic E-state index is 0.767. The molecule has 1 nitrogen and oxygen atoms in total. The van der Waals surface area contributed by atoms with Gasteiger partial charge in [-0.2, -0.15) is 0 Å². The van der Waals surface area contributed by atoms with Crippen molar-refractivity contribution in [2.45, 2.75) is 38.3 Å². The maximum absolute atomic E-state index is 5.65. The van der Waals surface area contributed by atoms with Crippen molar-refractivity contribution in [3.8, 4) is 0 Å². The minimum atomic E-state index is -0.767. The van der Waals surface area contributed by atoms with E-state index < -0.39 is 14.5 Å². The maximum Gasteiger partial charge on any atom is 0.430 e. The van der Waals surface area contributed by atoms with Crippen LogP contribution in [0.4, 0.5) is 0 Å². The lowest BCUT2D eigenvalue weighted by molar-refractivity contribution is 0.566. The molecule has 0 aromatic carbocycles. The van der Waals surface area contributed by atoms with E-state index >= 15 is 0 Å². The third-order valence-electron chi connectivity index (χ3n) is 1.80. The highest BCUT2D eigenvalue weighted by atomic mass is 27.2. The van der Waals surface area contributed by atoms with Crippen molar-refractivity contribution >= 4 is 31.1 Å². The first-order valence-corrected chi connectivity index (χ1v) is 7.51. The molecular formula is C8H20Al2O. The molecule has 0 saturated carbocycles. The third-order valence-corrected chi connectivity index (χ3v) is 7.41. The first-order valence-electron chi connectivity index (χ1n) is 4.59. The second kappa shape index (κ2) is 6.53. The summed E-state index contributed by atoms with van der Waals surface area (Å²) in [6.45, 7) is 9.17. The van der Waals surface area contributed by atoms with Crippen molar-refractivity contribution in [3.63, 3.8) is 0 Å². The van der Waals surface area contributed by atoms with Crippen molar-refractivity contribution in [3.05, 3.63) is 0 Å². The molecule has 0 aromatic rings. The van der Waals surface area contributed by atoms with Crippen molar-refractivity contribution in [1.82, 2.24) is 0 Å². The van der Waals surface area contributed by atoms with E-state index in [1.807, 2.05) is 0 Å². The lowest BCUT2D eigenvalue weighted by Crippen LogP contribution is -2.20. The summed E-state index contributed by atoms with van der Waals surface area (Å²) in [6.07, 6.45) is 0. The topological polar surface area (TPSA) is 9.23 Å². The molecule has 0 atom stereocenters. The van der Waals surface area contributed by atoms with Gasteiger partial charge >= 0.3 is 31.1 Å². The van der Waals surface area contributed by atoms with Gasteiger partial charge in [0, 0.05) is 0 Å². The van der Waals surface area contributed by atoms with Gasteiger partial charge in [0.2, 0.25) is 0 Å². The van der Waals surface area contributed by atoms with Crippen LogP contribution in [0.1, 0.15) is 27.7 Å². The Labute approximate surface area is 84.0 Å². The van der Waals surface area contributed by atoms with Gasteiger partial charge in [0.25, 0.3) is 0 Å². The van der Waals surface area contributed by atoms with Gasteiger partial charge in [0.1, 0.15) is 0 Å². The molecule has 0 N–H and O–H groups in total. The molecule has 0 unspecified atom stereocenters. The van der Waals surface area contributed by atoms with Crippen LogP contribution in [0, 0.1) is 11.8 Å². The Morgan fingerprint density at radius 1 is 1.09 bits per heavy atom. The summed E-state index contributed by atoms with van der Waals surface area (Å²) in [5.74, 6) is 1.67. The van der Waals surface area contributed by atoms with E-state index in [-0.39, 0.29) is 0 Å². The highest BCUT2D eigenvalue weighted by Gasteiger charge is 2.19. The Kier molecular flexibility index (Phi) is 7.14. The second-order valence-corrected chi connectivity index (χ2v) is 8.19. The van der Waals surface area contributed by atoms with Crippen molar-refractivity contribution in [2.24, 2.45) is 11.8 Å². The zero-order valence-electron chi connectivity index (χ0n) is 8.55. The van der Waals surface area contributed by atoms with Crippen LogP contribution in [0.5, 0.6) is 0 Å². The van der Waals surface area contributed by atoms with Crippen LogP contribution < -0.4 is 0 Å². The number of rotatable bonds is 5. The van der Waals surface area contributed by atoms with E-state index in [1.54, 1.807) is 0 Å². The molecule has 11 heavy (non-hydrogen) atoms. The average Bonchev–Trinajstić information content (AvgIpc) is 1.84. The van der Waals surface area contributed by atoms with E-state index in [2.05, 4.69) is 27.7 Å². The Balaban J connectivity index is 3.58. The fourth-order valence-electron chi connectivity index (χ4n) is 1.34. The molecule has 0 radical (unpaired) electrons. The smallest absolute Gasteiger partial charge is 0.430 e. The molecule has 0 aliphatic rings. The first-order chi connectivity index (χ1) is 5.06. The Hall–Kier alpha value is 1.02. The molecule has 0 heterocycles. The summed E-state index contributed by atoms with van der Waals surface area (Å²) in [5.41, 5.74) is 0. The van der Waals surface area contributed by atoms with E-state index in [1.165, 1.54) is 10.6 Å². The van der Waals surface area contributed by atoms with Crippen molar-refractivity contribution in [2.75, 3.05) is 0 Å². The van der Waals surface area contributed by atoms with Gasteiger partial charge in [0.05, 0.1) is 0 Å². The summed E-state index contributed by atoms with van der Waals surface area (Å²) >= 11 is 0.178. The summed E-state index contributed by atoms with van der Waals surface area (Å²) in [5, 5.41) is 2.73. The van der Waals surface area contributed by atoms with E-state index in [0.717, 1.165) is 28.5 Å². The molecule has 3 heteroatoms. The fourth-order valence-corrected chi connectivity index (χ4v) is 5.18. The zero-order valence-corrected chi connectivity index (χ0v) is 11.7. The van der Waals surface area contributed by atoms with E-state index in [9.17, 15) is 0 Å². The van der Waals surface area contributed by atoms with Gasteiger partial charge in [-0.3, -0.25) is 0 Å². The van der Waals surface area contributed by atoms with Crippen LogP contribution in [0.25, 0.3) is 0 Å². The quantitative estimate of drug-likeness (QED) is 0.595. The van der Waals surface area contributed by atoms with Crippen LogP contribution in [0.15, 0.2) is 0 Å². The van der Waals surface area contributed by atoms with E-state index in [4.69, 9.17) is 2.84 Å². The van der Waals surface area contributed by atoms with Gasteiger partial charge in [-0.1, -0.05) is 50.1 Å². The number of hydrogen-bond acceptors (Lipinski definition) is 1. The Bertz CT molecular complexity index is 84.1. The molecule has 0 bridgehead atoms. The SMILES string of the molecule is CC(C)[CH2][Al]([CH2]C(C)C)[O][AlH2]. The van der Waals surface area contributed by atoms with Gasteiger partial charge in [-0.15, -0.1) is 0 Å². The molecular weight excluding hydrogens is 166 g/mol. The van der Waals surface area contributed by atoms with Crippen LogP contribution in [-0.2, 0) is 2.84 Å². The fraction of sp³-hybridized carbons (Fsp3) is 1.00. The summed E-state index contributed by atoms with van der Waals surface area (Å²) in [6, 6.07) is 0. The molecule has 0 rings (SSSR count). The van der Waals surface area contributed by atoms with Crippen LogP contribution in [-0.4, -0.2) is 31.1 Å². The molecule has 0 spiro atoms. The van der Waals surface area contributed by atoms with Gasteiger partial charge in [-0.05, 0) is 0 Å². The van der Waals surface area contributed by atoms with Crippen molar-refractivity contribution < 1.29 is 2.84 Å². The van der Waals surface area contributed by atoms with Gasteiger partial charge < -0.3 is 2.84 Å². The first kappa shape index (κ1) is 12.0. The van der Waals surface area contributed by atoms with Crippen molar-refractivity contribution in [1.29, 1.82) is 0 Å². The van der Waals surface area contributed by atoms with E-state index in [0.29, 0.717) is 0 Å². The molecule has 0 aromatic heterocycles. The summed E-state index contributed by atoms with van der Waals surface area (Å²) in [7, 11) is 0. The molecule has 0 aliphatic heterocycles. The monoisotopic (exact) mass is 186 g/mol. The largest absolute Gasteiger partial charge is 0.642 e. The molecule has 0 aliphatic carbocycles. The number of hydrogen-bond donors (Lipinski definition) is 0. The minimum Gasteiger partial charge on any atom is -0.642 e. The molecule has 64 valence electrons. The predicted octanol–water partition coefficient (Wildman–Crippen LogP) is 1.85. The second-order valence-electron chi connectivity index (χ2n) is 4.12. The highest BCUT2D eigenvalue weighted by Crippen LogP contribution is 2.14. The Morgan fingerprint density at radius 3 is 1.64 bits per heavy atom. The lowest BCUT2D eigenvalue weighted by Gasteiger charge is -2.15. The molecule has 0 saturated heterocycles. The zero-order chi connectivity index (χ0) is 8.85. The third kappa shape index (κ3) is 7.39. The normalized spacial score (nSPS) is 11.1. The summed E-state index contributed by atoms with van der Waals surface area (Å²) < 4.78 is 5.65. The molecule has 0 amide bonds. The standard InChI is InChI=1S/2C4H9.2Al.O.2H/c2*1-4(2)3;;;;;/h2*4H,1H2,2-3H3;;;;;. The van der Waals surface area contributed by atoms with Gasteiger partial charge in [-0.25, -0.2) is 0 Å².